The fourth-order valence-corrected chi connectivity index (χ4v) is 3.70. The van der Waals surface area contributed by atoms with Crippen molar-refractivity contribution in [1.82, 2.24) is 9.55 Å². The molecule has 3 heteroatoms. The first-order chi connectivity index (χ1) is 13.7. The summed E-state index contributed by atoms with van der Waals surface area (Å²) < 4.78 is 1.75. The van der Waals surface area contributed by atoms with E-state index in [0.29, 0.717) is 11.4 Å². The molecule has 0 saturated carbocycles. The number of rotatable bonds is 2. The third-order valence-electron chi connectivity index (χ3n) is 5.07. The molecule has 134 valence electrons. The topological polar surface area (TPSA) is 34.9 Å². The minimum atomic E-state index is -0.0660. The van der Waals surface area contributed by atoms with Crippen molar-refractivity contribution in [3.05, 3.63) is 102 Å². The number of carbonyl (C=O) groups excluding carboxylic acids is 1. The van der Waals surface area contributed by atoms with Crippen molar-refractivity contribution in [2.24, 2.45) is 0 Å². The second-order valence-electron chi connectivity index (χ2n) is 6.96. The number of aromatic nitrogens is 2. The van der Waals surface area contributed by atoms with Crippen LogP contribution in [0.3, 0.4) is 0 Å². The van der Waals surface area contributed by atoms with E-state index >= 15 is 0 Å². The fourth-order valence-electron chi connectivity index (χ4n) is 3.70. The monoisotopic (exact) mass is 362 g/mol. The van der Waals surface area contributed by atoms with Crippen LogP contribution >= 0.6 is 0 Å². The molecule has 4 aromatic carbocycles. The summed E-state index contributed by atoms with van der Waals surface area (Å²) >= 11 is 0. The lowest BCUT2D eigenvalue weighted by molar-refractivity contribution is 0.0968. The molecule has 28 heavy (non-hydrogen) atoms. The molecule has 0 unspecified atom stereocenters. The summed E-state index contributed by atoms with van der Waals surface area (Å²) in [5, 5.41) is 2.00. The van der Waals surface area contributed by atoms with Crippen molar-refractivity contribution in [1.29, 1.82) is 0 Å². The van der Waals surface area contributed by atoms with Gasteiger partial charge in [0.25, 0.3) is 5.91 Å². The van der Waals surface area contributed by atoms with Gasteiger partial charge in [-0.25, -0.2) is 4.98 Å². The molecule has 0 fully saturated rings. The van der Waals surface area contributed by atoms with E-state index in [4.69, 9.17) is 4.98 Å². The Bertz CT molecular complexity index is 1330. The van der Waals surface area contributed by atoms with Crippen LogP contribution in [0, 0.1) is 6.92 Å². The number of carbonyl (C=O) groups is 1. The lowest BCUT2D eigenvalue weighted by atomic mass is 10.0. The highest BCUT2D eigenvalue weighted by atomic mass is 16.2. The van der Waals surface area contributed by atoms with Gasteiger partial charge < -0.3 is 0 Å². The van der Waals surface area contributed by atoms with Gasteiger partial charge in [-0.1, -0.05) is 72.8 Å². The van der Waals surface area contributed by atoms with Gasteiger partial charge in [-0.2, -0.15) is 0 Å². The Morgan fingerprint density at radius 3 is 2.43 bits per heavy atom. The van der Waals surface area contributed by atoms with Gasteiger partial charge in [0, 0.05) is 11.1 Å². The van der Waals surface area contributed by atoms with Crippen LogP contribution in [-0.2, 0) is 0 Å². The second kappa shape index (κ2) is 6.46. The molecular weight excluding hydrogens is 344 g/mol. The maximum atomic E-state index is 13.8. The molecule has 3 nitrogen and oxygen atoms in total. The van der Waals surface area contributed by atoms with Crippen molar-refractivity contribution < 1.29 is 4.79 Å². The Hall–Kier alpha value is -3.72. The average molecular weight is 362 g/mol. The van der Waals surface area contributed by atoms with E-state index in [2.05, 4.69) is 0 Å². The van der Waals surface area contributed by atoms with Gasteiger partial charge in [-0.05, 0) is 41.5 Å². The summed E-state index contributed by atoms with van der Waals surface area (Å²) in [5.41, 5.74) is 4.34. The molecular formula is C25H18N2O. The standard InChI is InChI=1S/C25H18N2O/c1-17-14-15-22-23(16-17)27(24(26-22)19-9-3-2-4-10-19)25(28)21-13-7-11-18-8-5-6-12-20(18)21/h2-16H,1H3. The van der Waals surface area contributed by atoms with Crippen LogP contribution in [0.2, 0.25) is 0 Å². The summed E-state index contributed by atoms with van der Waals surface area (Å²) in [6.07, 6.45) is 0. The van der Waals surface area contributed by atoms with Crippen molar-refractivity contribution in [3.8, 4) is 11.4 Å². The highest BCUT2D eigenvalue weighted by Crippen LogP contribution is 2.28. The Labute approximate surface area is 162 Å². The molecule has 5 rings (SSSR count). The number of imidazole rings is 1. The average Bonchev–Trinajstić information content (AvgIpc) is 3.12. The molecule has 0 saturated heterocycles. The first kappa shape index (κ1) is 16.5. The smallest absolute Gasteiger partial charge is 0.264 e. The Morgan fingerprint density at radius 1 is 0.821 bits per heavy atom. The highest BCUT2D eigenvalue weighted by molar-refractivity contribution is 6.11. The Morgan fingerprint density at radius 2 is 1.57 bits per heavy atom. The van der Waals surface area contributed by atoms with Crippen LogP contribution in [0.1, 0.15) is 15.9 Å². The second-order valence-corrected chi connectivity index (χ2v) is 6.96. The van der Waals surface area contributed by atoms with Crippen LogP contribution in [0.25, 0.3) is 33.2 Å². The lowest BCUT2D eigenvalue weighted by Crippen LogP contribution is -2.14. The molecule has 0 amide bonds. The SMILES string of the molecule is Cc1ccc2nc(-c3ccccc3)n(C(=O)c3cccc4ccccc34)c2c1. The third-order valence-corrected chi connectivity index (χ3v) is 5.07. The maximum Gasteiger partial charge on any atom is 0.264 e. The predicted molar refractivity (Wildman–Crippen MR) is 114 cm³/mol. The van der Waals surface area contributed by atoms with Crippen LogP contribution < -0.4 is 0 Å². The molecule has 0 N–H and O–H groups in total. The van der Waals surface area contributed by atoms with E-state index < -0.39 is 0 Å². The van der Waals surface area contributed by atoms with Gasteiger partial charge in [0.15, 0.2) is 0 Å². The van der Waals surface area contributed by atoms with Crippen molar-refractivity contribution in [2.75, 3.05) is 0 Å². The normalized spacial score (nSPS) is 11.2. The molecule has 0 radical (unpaired) electrons. The largest absolute Gasteiger partial charge is 0.268 e. The van der Waals surface area contributed by atoms with Crippen molar-refractivity contribution in [2.45, 2.75) is 6.92 Å². The maximum absolute atomic E-state index is 13.8. The molecule has 0 atom stereocenters. The van der Waals surface area contributed by atoms with Gasteiger partial charge in [-0.3, -0.25) is 9.36 Å². The van der Waals surface area contributed by atoms with Gasteiger partial charge in [0.2, 0.25) is 0 Å². The van der Waals surface area contributed by atoms with Gasteiger partial charge >= 0.3 is 0 Å². The van der Waals surface area contributed by atoms with Crippen molar-refractivity contribution in [3.63, 3.8) is 0 Å². The van der Waals surface area contributed by atoms with Gasteiger partial charge in [0.05, 0.1) is 11.0 Å². The van der Waals surface area contributed by atoms with E-state index in [1.165, 1.54) is 0 Å². The van der Waals surface area contributed by atoms with Crippen LogP contribution in [0.4, 0.5) is 0 Å². The number of benzene rings is 4. The number of aryl methyl sites for hydroxylation is 1. The Kier molecular flexibility index (Phi) is 3.80. The number of hydrogen-bond donors (Lipinski definition) is 0. The zero-order valence-corrected chi connectivity index (χ0v) is 15.5. The molecule has 5 aromatic rings. The van der Waals surface area contributed by atoms with Crippen LogP contribution in [0.15, 0.2) is 91.0 Å². The molecule has 0 aliphatic rings. The molecule has 1 aromatic heterocycles. The number of nitrogens with zero attached hydrogens (tertiary/aromatic N) is 2. The summed E-state index contributed by atoms with van der Waals surface area (Å²) in [5.74, 6) is 0.600. The summed E-state index contributed by atoms with van der Waals surface area (Å²) in [7, 11) is 0. The predicted octanol–water partition coefficient (Wildman–Crippen LogP) is 5.85. The van der Waals surface area contributed by atoms with Crippen molar-refractivity contribution >= 4 is 27.7 Å². The quantitative estimate of drug-likeness (QED) is 0.395. The molecule has 1 heterocycles. The van der Waals surface area contributed by atoms with E-state index in [1.807, 2.05) is 97.9 Å². The molecule has 0 bridgehead atoms. The zero-order valence-electron chi connectivity index (χ0n) is 15.5. The lowest BCUT2D eigenvalue weighted by Gasteiger charge is -2.11. The van der Waals surface area contributed by atoms with Gasteiger partial charge in [0.1, 0.15) is 5.82 Å². The Balaban J connectivity index is 1.82. The number of fused-ring (bicyclic) bond motifs is 2. The van der Waals surface area contributed by atoms with Gasteiger partial charge in [-0.15, -0.1) is 0 Å². The first-order valence-electron chi connectivity index (χ1n) is 9.29. The molecule has 0 aliphatic carbocycles. The van der Waals surface area contributed by atoms with Crippen LogP contribution in [0.5, 0.6) is 0 Å². The molecule has 0 aliphatic heterocycles. The summed E-state index contributed by atoms with van der Waals surface area (Å²) in [6.45, 7) is 2.03. The summed E-state index contributed by atoms with van der Waals surface area (Å²) in [4.78, 5) is 18.6. The van der Waals surface area contributed by atoms with E-state index in [1.54, 1.807) is 4.57 Å². The molecule has 0 spiro atoms. The van der Waals surface area contributed by atoms with E-state index in [-0.39, 0.29) is 5.91 Å². The van der Waals surface area contributed by atoms with E-state index in [9.17, 15) is 4.79 Å². The van der Waals surface area contributed by atoms with Crippen LogP contribution in [-0.4, -0.2) is 15.5 Å². The first-order valence-corrected chi connectivity index (χ1v) is 9.29. The minimum absolute atomic E-state index is 0.0660. The zero-order chi connectivity index (χ0) is 19.1. The summed E-state index contributed by atoms with van der Waals surface area (Å²) in [6, 6.07) is 29.7. The number of hydrogen-bond acceptors (Lipinski definition) is 2. The third kappa shape index (κ3) is 2.60. The van der Waals surface area contributed by atoms with E-state index in [0.717, 1.165) is 32.9 Å². The fraction of sp³-hybridized carbons (Fsp3) is 0.0400. The minimum Gasteiger partial charge on any atom is -0.268 e. The highest BCUT2D eigenvalue weighted by Gasteiger charge is 2.21.